The van der Waals surface area contributed by atoms with E-state index in [-0.39, 0.29) is 18.9 Å². The van der Waals surface area contributed by atoms with Gasteiger partial charge in [0.25, 0.3) is 5.91 Å². The van der Waals surface area contributed by atoms with Gasteiger partial charge in [0.05, 0.1) is 12.7 Å². The molecule has 2 atom stereocenters. The van der Waals surface area contributed by atoms with Crippen LogP contribution in [-0.4, -0.2) is 64.0 Å². The highest BCUT2D eigenvalue weighted by Gasteiger charge is 2.39. The van der Waals surface area contributed by atoms with Gasteiger partial charge in [0.1, 0.15) is 11.7 Å². The van der Waals surface area contributed by atoms with Crippen LogP contribution in [0.5, 0.6) is 0 Å². The molecular formula is C13H18N2O5. The van der Waals surface area contributed by atoms with Gasteiger partial charge < -0.3 is 24.4 Å². The number of aromatic nitrogens is 1. The van der Waals surface area contributed by atoms with Gasteiger partial charge in [-0.2, -0.15) is 0 Å². The maximum atomic E-state index is 12.4. The van der Waals surface area contributed by atoms with E-state index in [4.69, 9.17) is 9.84 Å². The molecule has 7 nitrogen and oxygen atoms in total. The number of likely N-dealkylation sites (tertiary alicyclic amines) is 1. The molecule has 0 spiro atoms. The number of aliphatic carboxylic acids is 1. The predicted octanol–water partition coefficient (Wildman–Crippen LogP) is -0.206. The van der Waals surface area contributed by atoms with Gasteiger partial charge in [0, 0.05) is 32.8 Å². The molecule has 1 saturated heterocycles. The molecule has 0 bridgehead atoms. The van der Waals surface area contributed by atoms with Crippen LogP contribution >= 0.6 is 0 Å². The van der Waals surface area contributed by atoms with Gasteiger partial charge in [-0.15, -0.1) is 0 Å². The van der Waals surface area contributed by atoms with Gasteiger partial charge in [-0.3, -0.25) is 4.79 Å². The second kappa shape index (κ2) is 6.06. The third kappa shape index (κ3) is 2.83. The fourth-order valence-electron chi connectivity index (χ4n) is 2.41. The van der Waals surface area contributed by atoms with Gasteiger partial charge >= 0.3 is 5.97 Å². The van der Waals surface area contributed by atoms with Crippen LogP contribution < -0.4 is 0 Å². The Morgan fingerprint density at radius 2 is 2.25 bits per heavy atom. The van der Waals surface area contributed by atoms with Crippen molar-refractivity contribution in [1.29, 1.82) is 0 Å². The van der Waals surface area contributed by atoms with Gasteiger partial charge in [-0.25, -0.2) is 4.79 Å². The number of aliphatic hydroxyl groups is 1. The topological polar surface area (TPSA) is 92.0 Å². The highest BCUT2D eigenvalue weighted by molar-refractivity contribution is 5.95. The van der Waals surface area contributed by atoms with Crippen LogP contribution in [0.4, 0.5) is 0 Å². The molecule has 0 unspecified atom stereocenters. The van der Waals surface area contributed by atoms with Crippen molar-refractivity contribution >= 4 is 11.9 Å². The molecule has 1 amide bonds. The summed E-state index contributed by atoms with van der Waals surface area (Å²) in [4.78, 5) is 24.8. The predicted molar refractivity (Wildman–Crippen MR) is 69.4 cm³/mol. The number of amides is 1. The summed E-state index contributed by atoms with van der Waals surface area (Å²) >= 11 is 0. The molecule has 0 aromatic carbocycles. The molecule has 7 heteroatoms. The minimum Gasteiger partial charge on any atom is -0.480 e. The van der Waals surface area contributed by atoms with E-state index >= 15 is 0 Å². The van der Waals surface area contributed by atoms with Gasteiger partial charge in [0.2, 0.25) is 0 Å². The van der Waals surface area contributed by atoms with Crippen molar-refractivity contribution in [2.24, 2.45) is 0 Å². The molecule has 0 radical (unpaired) electrons. The van der Waals surface area contributed by atoms with Crippen molar-refractivity contribution in [1.82, 2.24) is 9.47 Å². The number of carbonyl (C=O) groups is 2. The number of aliphatic hydroxyl groups excluding tert-OH is 1. The van der Waals surface area contributed by atoms with Gasteiger partial charge in [0.15, 0.2) is 0 Å². The van der Waals surface area contributed by atoms with Crippen LogP contribution in [-0.2, 0) is 16.1 Å². The molecule has 110 valence electrons. The Kier molecular flexibility index (Phi) is 4.41. The molecule has 2 N–H and O–H groups in total. The molecule has 1 aromatic rings. The standard InChI is InChI=1S/C13H18N2O5/c1-20-6-5-14-4-2-3-10(14)12(17)15-8-9(16)7-11(15)13(18)19/h2-4,9,11,16H,5-8H2,1H3,(H,18,19)/t9-,11-/m1/s1. The molecule has 1 aliphatic heterocycles. The van der Waals surface area contributed by atoms with E-state index in [0.29, 0.717) is 18.8 Å². The Labute approximate surface area is 116 Å². The molecule has 1 fully saturated rings. The highest BCUT2D eigenvalue weighted by atomic mass is 16.5. The number of nitrogens with zero attached hydrogens (tertiary/aromatic N) is 2. The second-order valence-corrected chi connectivity index (χ2v) is 4.78. The zero-order chi connectivity index (χ0) is 14.7. The molecule has 0 aliphatic carbocycles. The summed E-state index contributed by atoms with van der Waals surface area (Å²) in [6.07, 6.45) is 1.02. The van der Waals surface area contributed by atoms with Crippen LogP contribution in [0.2, 0.25) is 0 Å². The van der Waals surface area contributed by atoms with Crippen LogP contribution in [0.25, 0.3) is 0 Å². The van der Waals surface area contributed by atoms with Crippen LogP contribution in [0, 0.1) is 0 Å². The molecular weight excluding hydrogens is 264 g/mol. The SMILES string of the molecule is COCCn1cccc1C(=O)N1C[C@H](O)C[C@@H]1C(=O)O. The first-order valence-electron chi connectivity index (χ1n) is 6.40. The lowest BCUT2D eigenvalue weighted by atomic mass is 10.2. The van der Waals surface area contributed by atoms with Crippen LogP contribution in [0.3, 0.4) is 0 Å². The average Bonchev–Trinajstić information content (AvgIpc) is 3.01. The summed E-state index contributed by atoms with van der Waals surface area (Å²) < 4.78 is 6.69. The van der Waals surface area contributed by atoms with Crippen molar-refractivity contribution < 1.29 is 24.5 Å². The lowest BCUT2D eigenvalue weighted by Gasteiger charge is -2.21. The summed E-state index contributed by atoms with van der Waals surface area (Å²) in [6, 6.07) is 2.40. The van der Waals surface area contributed by atoms with Crippen molar-refractivity contribution in [3.63, 3.8) is 0 Å². The summed E-state index contributed by atoms with van der Waals surface area (Å²) in [5, 5.41) is 18.7. The Bertz CT molecular complexity index is 499. The van der Waals surface area contributed by atoms with E-state index in [1.807, 2.05) is 0 Å². The third-order valence-corrected chi connectivity index (χ3v) is 3.41. The Balaban J connectivity index is 2.18. The zero-order valence-electron chi connectivity index (χ0n) is 11.2. The quantitative estimate of drug-likeness (QED) is 0.780. The first-order chi connectivity index (χ1) is 9.54. The van der Waals surface area contributed by atoms with Gasteiger partial charge in [-0.1, -0.05) is 0 Å². The van der Waals surface area contributed by atoms with Crippen molar-refractivity contribution in [2.75, 3.05) is 20.3 Å². The number of rotatable bonds is 5. The highest BCUT2D eigenvalue weighted by Crippen LogP contribution is 2.21. The Morgan fingerprint density at radius 1 is 1.50 bits per heavy atom. The number of carbonyl (C=O) groups excluding carboxylic acids is 1. The molecule has 1 aromatic heterocycles. The number of hydrogen-bond acceptors (Lipinski definition) is 4. The number of hydrogen-bond donors (Lipinski definition) is 2. The first-order valence-corrected chi connectivity index (χ1v) is 6.40. The number of ether oxygens (including phenoxy) is 1. The fraction of sp³-hybridized carbons (Fsp3) is 0.538. The largest absolute Gasteiger partial charge is 0.480 e. The second-order valence-electron chi connectivity index (χ2n) is 4.78. The van der Waals surface area contributed by atoms with Crippen molar-refractivity contribution in [3.05, 3.63) is 24.0 Å². The summed E-state index contributed by atoms with van der Waals surface area (Å²) in [5.41, 5.74) is 0.405. The van der Waals surface area contributed by atoms with E-state index in [1.54, 1.807) is 30.0 Å². The van der Waals surface area contributed by atoms with Crippen LogP contribution in [0.1, 0.15) is 16.9 Å². The summed E-state index contributed by atoms with van der Waals surface area (Å²) in [7, 11) is 1.57. The van der Waals surface area contributed by atoms with Gasteiger partial charge in [-0.05, 0) is 12.1 Å². The molecule has 2 rings (SSSR count). The molecule has 0 saturated carbocycles. The van der Waals surface area contributed by atoms with Crippen LogP contribution in [0.15, 0.2) is 18.3 Å². The normalized spacial score (nSPS) is 22.2. The Hall–Kier alpha value is -1.86. The molecule has 2 heterocycles. The Morgan fingerprint density at radius 3 is 2.90 bits per heavy atom. The van der Waals surface area contributed by atoms with E-state index < -0.39 is 18.1 Å². The summed E-state index contributed by atoms with van der Waals surface area (Å²) in [5.74, 6) is -1.47. The third-order valence-electron chi connectivity index (χ3n) is 3.41. The van der Waals surface area contributed by atoms with Crippen molar-refractivity contribution in [3.8, 4) is 0 Å². The number of β-amino-alcohol motifs (C(OH)–C–C–N with tert-alkyl or cyclic N) is 1. The first kappa shape index (κ1) is 14.5. The lowest BCUT2D eigenvalue weighted by molar-refractivity contribution is -0.141. The minimum absolute atomic E-state index is 0.0469. The smallest absolute Gasteiger partial charge is 0.326 e. The monoisotopic (exact) mass is 282 g/mol. The molecule has 20 heavy (non-hydrogen) atoms. The van der Waals surface area contributed by atoms with Crippen molar-refractivity contribution in [2.45, 2.75) is 25.1 Å². The maximum Gasteiger partial charge on any atom is 0.326 e. The van der Waals surface area contributed by atoms with E-state index in [9.17, 15) is 14.7 Å². The minimum atomic E-state index is -1.09. The summed E-state index contributed by atoms with van der Waals surface area (Å²) in [6.45, 7) is 1.02. The van der Waals surface area contributed by atoms with E-state index in [2.05, 4.69) is 0 Å². The number of methoxy groups -OCH3 is 1. The lowest BCUT2D eigenvalue weighted by Crippen LogP contribution is -2.41. The average molecular weight is 282 g/mol. The maximum absolute atomic E-state index is 12.4. The fourth-order valence-corrected chi connectivity index (χ4v) is 2.41. The van der Waals surface area contributed by atoms with E-state index in [1.165, 1.54) is 4.90 Å². The molecule has 1 aliphatic rings. The zero-order valence-corrected chi connectivity index (χ0v) is 11.2. The number of carboxylic acid groups (broad SMARTS) is 1. The van der Waals surface area contributed by atoms with E-state index in [0.717, 1.165) is 0 Å². The number of carboxylic acids is 1.